The standard InChI is InChI=1S/C38H72N2O12/c1-15-27-38(10,46)31(42)24(6)40(13)19-20(2)17-36(8,45)33(52-35-29(41)26(39(11)12)16-21(3)48-35)22(4)30(23(5)34(44)50-27)51-28-18-37(9,47-14)32(43)25(7)49-28/h20-33,35,41-43,45-46H,15-19H2,1-14H3/t20-,21+,22-,23+,24+,25-,26-,27+,28?,29+,30-,31+,32-,33+,35-,36+,37+,38+/m0/s1. The molecule has 0 bridgehead atoms. The number of nitrogens with zero attached hydrogens (tertiary/aromatic N) is 2. The first-order valence-corrected chi connectivity index (χ1v) is 19.1. The average molecular weight is 749 g/mol. The maximum Gasteiger partial charge on any atom is 0.311 e. The molecule has 3 rings (SSSR count). The van der Waals surface area contributed by atoms with Crippen molar-refractivity contribution in [2.75, 3.05) is 34.8 Å². The van der Waals surface area contributed by atoms with Crippen molar-refractivity contribution < 1.29 is 58.7 Å². The highest BCUT2D eigenvalue weighted by atomic mass is 16.7. The summed E-state index contributed by atoms with van der Waals surface area (Å²) in [4.78, 5) is 18.0. The fourth-order valence-electron chi connectivity index (χ4n) is 8.74. The van der Waals surface area contributed by atoms with E-state index in [9.17, 15) is 30.3 Å². The lowest BCUT2D eigenvalue weighted by Gasteiger charge is -2.48. The highest BCUT2D eigenvalue weighted by Gasteiger charge is 2.52. The van der Waals surface area contributed by atoms with Crippen molar-refractivity contribution in [2.24, 2.45) is 17.8 Å². The van der Waals surface area contributed by atoms with Crippen LogP contribution in [-0.4, -0.2) is 166 Å². The van der Waals surface area contributed by atoms with Gasteiger partial charge < -0.3 is 63.8 Å². The van der Waals surface area contributed by atoms with E-state index in [1.54, 1.807) is 41.5 Å². The largest absolute Gasteiger partial charge is 0.459 e. The van der Waals surface area contributed by atoms with Gasteiger partial charge in [0.05, 0.1) is 41.5 Å². The van der Waals surface area contributed by atoms with Gasteiger partial charge in [0.25, 0.3) is 0 Å². The van der Waals surface area contributed by atoms with Crippen LogP contribution in [0.3, 0.4) is 0 Å². The van der Waals surface area contributed by atoms with E-state index < -0.39 is 96.0 Å². The molecule has 0 aromatic carbocycles. The number of carbonyl (C=O) groups excluding carboxylic acids is 1. The molecule has 3 heterocycles. The van der Waals surface area contributed by atoms with Crippen LogP contribution in [0.4, 0.5) is 0 Å². The molecule has 3 saturated heterocycles. The van der Waals surface area contributed by atoms with Gasteiger partial charge in [0, 0.05) is 38.1 Å². The number of likely N-dealkylation sites (N-methyl/N-ethyl adjacent to an activating group) is 2. The molecule has 3 aliphatic rings. The molecule has 3 fully saturated rings. The first kappa shape index (κ1) is 45.4. The molecule has 306 valence electrons. The molecule has 0 radical (unpaired) electrons. The van der Waals surface area contributed by atoms with Gasteiger partial charge in [-0.3, -0.25) is 4.79 Å². The highest BCUT2D eigenvalue weighted by Crippen LogP contribution is 2.40. The average Bonchev–Trinajstić information content (AvgIpc) is 3.05. The molecular formula is C38H72N2O12. The van der Waals surface area contributed by atoms with Crippen molar-refractivity contribution in [3.05, 3.63) is 0 Å². The van der Waals surface area contributed by atoms with E-state index in [0.29, 0.717) is 13.0 Å². The van der Waals surface area contributed by atoms with E-state index in [-0.39, 0.29) is 37.3 Å². The van der Waals surface area contributed by atoms with Crippen LogP contribution in [-0.2, 0) is 33.2 Å². The molecule has 14 nitrogen and oxygen atoms in total. The molecule has 0 spiro atoms. The minimum absolute atomic E-state index is 0.133. The van der Waals surface area contributed by atoms with Crippen molar-refractivity contribution in [1.82, 2.24) is 9.80 Å². The second-order valence-corrected chi connectivity index (χ2v) is 17.2. The Morgan fingerprint density at radius 1 is 0.942 bits per heavy atom. The smallest absolute Gasteiger partial charge is 0.311 e. The van der Waals surface area contributed by atoms with Crippen molar-refractivity contribution in [2.45, 2.75) is 185 Å². The summed E-state index contributed by atoms with van der Waals surface area (Å²) in [5.74, 6) is -2.58. The normalized spacial score (nSPS) is 49.6. The highest BCUT2D eigenvalue weighted by molar-refractivity contribution is 5.73. The van der Waals surface area contributed by atoms with Gasteiger partial charge in [0.1, 0.15) is 30.0 Å². The van der Waals surface area contributed by atoms with Crippen molar-refractivity contribution >= 4 is 5.97 Å². The molecule has 0 aliphatic carbocycles. The van der Waals surface area contributed by atoms with Crippen molar-refractivity contribution in [1.29, 1.82) is 0 Å². The Morgan fingerprint density at radius 3 is 2.12 bits per heavy atom. The summed E-state index contributed by atoms with van der Waals surface area (Å²) in [5.41, 5.74) is -4.37. The van der Waals surface area contributed by atoms with Crippen LogP contribution < -0.4 is 0 Å². The second kappa shape index (κ2) is 17.8. The van der Waals surface area contributed by atoms with Crippen LogP contribution in [0.1, 0.15) is 94.9 Å². The lowest BCUT2D eigenvalue weighted by atomic mass is 9.77. The SMILES string of the molecule is CC[C@H]1OC(=O)[C@H](C)[C@@H](OC2C[C@@](C)(OC)[C@@H](O)[C@H](C)O2)[C@H](C)[C@@H](O[C@@H]2O[C@H](C)C[C@H](N(C)C)[C@H]2O)[C@](C)(O)C[C@H](C)CN(C)[C@H](C)[C@@H](O)[C@]1(C)O. The summed E-state index contributed by atoms with van der Waals surface area (Å²) in [7, 11) is 7.12. The summed E-state index contributed by atoms with van der Waals surface area (Å²) in [5, 5.41) is 58.1. The molecule has 18 atom stereocenters. The molecule has 5 N–H and O–H groups in total. The predicted octanol–water partition coefficient (Wildman–Crippen LogP) is 1.90. The fraction of sp³-hybridized carbons (Fsp3) is 0.974. The van der Waals surface area contributed by atoms with E-state index in [2.05, 4.69) is 0 Å². The summed E-state index contributed by atoms with van der Waals surface area (Å²) >= 11 is 0. The van der Waals surface area contributed by atoms with Gasteiger partial charge in [0.2, 0.25) is 0 Å². The quantitative estimate of drug-likeness (QED) is 0.238. The molecule has 0 aromatic rings. The van der Waals surface area contributed by atoms with Crippen LogP contribution in [0.5, 0.6) is 0 Å². The first-order chi connectivity index (χ1) is 23.9. The van der Waals surface area contributed by atoms with E-state index in [1.807, 2.05) is 51.7 Å². The molecule has 14 heteroatoms. The molecule has 1 unspecified atom stereocenters. The lowest BCUT2D eigenvalue weighted by molar-refractivity contribution is -0.318. The number of ether oxygens (including phenoxy) is 6. The van der Waals surface area contributed by atoms with Crippen LogP contribution in [0.15, 0.2) is 0 Å². The van der Waals surface area contributed by atoms with Gasteiger partial charge in [-0.2, -0.15) is 0 Å². The first-order valence-electron chi connectivity index (χ1n) is 19.1. The molecule has 0 saturated carbocycles. The lowest BCUT2D eigenvalue weighted by Crippen LogP contribution is -2.60. The number of rotatable bonds is 7. The van der Waals surface area contributed by atoms with E-state index in [4.69, 9.17) is 28.4 Å². The minimum atomic E-state index is -1.80. The number of hydrogen-bond acceptors (Lipinski definition) is 14. The van der Waals surface area contributed by atoms with Crippen molar-refractivity contribution in [3.63, 3.8) is 0 Å². The minimum Gasteiger partial charge on any atom is -0.459 e. The molecular weight excluding hydrogens is 676 g/mol. The van der Waals surface area contributed by atoms with Crippen LogP contribution in [0.2, 0.25) is 0 Å². The molecule has 0 aromatic heterocycles. The van der Waals surface area contributed by atoms with Crippen LogP contribution in [0, 0.1) is 17.8 Å². The third kappa shape index (κ3) is 10.0. The van der Waals surface area contributed by atoms with Gasteiger partial charge in [-0.25, -0.2) is 0 Å². The topological polar surface area (TPSA) is 180 Å². The maximum absolute atomic E-state index is 14.2. The van der Waals surface area contributed by atoms with Crippen LogP contribution in [0.25, 0.3) is 0 Å². The molecule has 52 heavy (non-hydrogen) atoms. The zero-order chi connectivity index (χ0) is 39.7. The zero-order valence-corrected chi connectivity index (χ0v) is 34.2. The van der Waals surface area contributed by atoms with Gasteiger partial charge in [-0.05, 0) is 94.8 Å². The van der Waals surface area contributed by atoms with Gasteiger partial charge >= 0.3 is 5.97 Å². The predicted molar refractivity (Wildman–Crippen MR) is 194 cm³/mol. The Bertz CT molecular complexity index is 1140. The second-order valence-electron chi connectivity index (χ2n) is 17.2. The van der Waals surface area contributed by atoms with Gasteiger partial charge in [-0.15, -0.1) is 0 Å². The number of hydrogen-bond donors (Lipinski definition) is 5. The summed E-state index contributed by atoms with van der Waals surface area (Å²) in [6.45, 7) is 18.0. The number of cyclic esters (lactones) is 1. The Balaban J connectivity index is 2.17. The van der Waals surface area contributed by atoms with E-state index in [1.165, 1.54) is 14.0 Å². The monoisotopic (exact) mass is 749 g/mol. The maximum atomic E-state index is 14.2. The van der Waals surface area contributed by atoms with E-state index in [0.717, 1.165) is 0 Å². The molecule has 3 aliphatic heterocycles. The van der Waals surface area contributed by atoms with Crippen molar-refractivity contribution in [3.8, 4) is 0 Å². The van der Waals surface area contributed by atoms with Gasteiger partial charge in [0.15, 0.2) is 12.6 Å². The van der Waals surface area contributed by atoms with E-state index >= 15 is 0 Å². The fourth-order valence-corrected chi connectivity index (χ4v) is 8.74. The Labute approximate surface area is 312 Å². The number of aliphatic hydroxyl groups is 5. The number of methoxy groups -OCH3 is 1. The zero-order valence-electron chi connectivity index (χ0n) is 34.2. The van der Waals surface area contributed by atoms with Crippen LogP contribution >= 0.6 is 0 Å². The Morgan fingerprint density at radius 2 is 1.56 bits per heavy atom. The third-order valence-electron chi connectivity index (χ3n) is 12.2. The number of aliphatic hydroxyl groups excluding tert-OH is 3. The summed E-state index contributed by atoms with van der Waals surface area (Å²) in [6.07, 6.45) is -8.19. The Hall–Kier alpha value is -1.01. The summed E-state index contributed by atoms with van der Waals surface area (Å²) in [6, 6.07) is -0.808. The number of carbonyl (C=O) groups is 1. The number of esters is 1. The summed E-state index contributed by atoms with van der Waals surface area (Å²) < 4.78 is 37.5. The molecule has 0 amide bonds. The third-order valence-corrected chi connectivity index (χ3v) is 12.2. The van der Waals surface area contributed by atoms with Gasteiger partial charge in [-0.1, -0.05) is 20.8 Å². The Kier molecular flexibility index (Phi) is 15.6.